The largest absolute Gasteiger partial charge is 0.497 e. The Morgan fingerprint density at radius 1 is 1.07 bits per heavy atom. The molecule has 0 atom stereocenters. The molecular weight excluding hydrogens is 350 g/mol. The van der Waals surface area contributed by atoms with Crippen molar-refractivity contribution in [3.05, 3.63) is 65.7 Å². The van der Waals surface area contributed by atoms with Crippen LogP contribution in [0, 0.1) is 0 Å². The smallest absolute Gasteiger partial charge is 0.219 e. The van der Waals surface area contributed by atoms with Gasteiger partial charge in [0.1, 0.15) is 5.75 Å². The molecular formula is C24H27NO3. The van der Waals surface area contributed by atoms with Crippen molar-refractivity contribution in [3.63, 3.8) is 0 Å². The van der Waals surface area contributed by atoms with Crippen LogP contribution in [-0.4, -0.2) is 24.7 Å². The highest BCUT2D eigenvalue weighted by atomic mass is 16.5. The molecule has 0 saturated carbocycles. The second kappa shape index (κ2) is 9.38. The number of carbonyl (C=O) groups is 1. The second-order valence-corrected chi connectivity index (χ2v) is 6.93. The summed E-state index contributed by atoms with van der Waals surface area (Å²) in [6.07, 6.45) is 2.15. The van der Waals surface area contributed by atoms with Crippen molar-refractivity contribution in [3.8, 4) is 16.9 Å². The lowest BCUT2D eigenvalue weighted by atomic mass is 9.94. The maximum atomic E-state index is 11.8. The zero-order valence-electron chi connectivity index (χ0n) is 16.5. The standard InChI is InChI=1S/C24H27NO3/c1-3-5-24(27)25-11-10-20-14-21(18-7-4-6-17(12-18)16-26)13-19-8-9-22(28-2)15-23(19)20/h4,6-9,12-15,26H,3,5,10-11,16H2,1-2H3,(H,25,27). The van der Waals surface area contributed by atoms with Crippen molar-refractivity contribution < 1.29 is 14.6 Å². The number of nitrogens with one attached hydrogen (secondary N) is 1. The lowest BCUT2D eigenvalue weighted by Crippen LogP contribution is -2.25. The zero-order valence-corrected chi connectivity index (χ0v) is 16.5. The van der Waals surface area contributed by atoms with Gasteiger partial charge in [-0.25, -0.2) is 0 Å². The summed E-state index contributed by atoms with van der Waals surface area (Å²) in [4.78, 5) is 11.8. The summed E-state index contributed by atoms with van der Waals surface area (Å²) in [6.45, 7) is 2.63. The summed E-state index contributed by atoms with van der Waals surface area (Å²) in [5.41, 5.74) is 4.22. The summed E-state index contributed by atoms with van der Waals surface area (Å²) in [6, 6.07) is 18.3. The summed E-state index contributed by atoms with van der Waals surface area (Å²) in [5.74, 6) is 0.912. The van der Waals surface area contributed by atoms with Gasteiger partial charge in [-0.2, -0.15) is 0 Å². The van der Waals surface area contributed by atoms with Gasteiger partial charge in [0.05, 0.1) is 13.7 Å². The number of benzene rings is 3. The highest BCUT2D eigenvalue weighted by Crippen LogP contribution is 2.31. The van der Waals surface area contributed by atoms with Gasteiger partial charge in [0.15, 0.2) is 0 Å². The van der Waals surface area contributed by atoms with Crippen LogP contribution in [0.15, 0.2) is 54.6 Å². The molecule has 0 saturated heterocycles. The van der Waals surface area contributed by atoms with Gasteiger partial charge in [-0.05, 0) is 70.1 Å². The molecule has 0 bridgehead atoms. The fraction of sp³-hybridized carbons (Fsp3) is 0.292. The minimum atomic E-state index is 0.0228. The monoisotopic (exact) mass is 377 g/mol. The summed E-state index contributed by atoms with van der Waals surface area (Å²) < 4.78 is 5.40. The van der Waals surface area contributed by atoms with Crippen LogP contribution >= 0.6 is 0 Å². The molecule has 0 aliphatic carbocycles. The van der Waals surface area contributed by atoms with Crippen molar-refractivity contribution in [1.82, 2.24) is 5.32 Å². The third kappa shape index (κ3) is 4.70. The van der Waals surface area contributed by atoms with Crippen LogP contribution in [-0.2, 0) is 17.8 Å². The number of hydrogen-bond acceptors (Lipinski definition) is 3. The first-order chi connectivity index (χ1) is 13.6. The molecule has 4 heteroatoms. The van der Waals surface area contributed by atoms with E-state index >= 15 is 0 Å². The van der Waals surface area contributed by atoms with Crippen LogP contribution in [0.1, 0.15) is 30.9 Å². The van der Waals surface area contributed by atoms with E-state index in [1.54, 1.807) is 7.11 Å². The topological polar surface area (TPSA) is 58.6 Å². The Labute approximate surface area is 166 Å². The Bertz CT molecular complexity index is 965. The third-order valence-electron chi connectivity index (χ3n) is 4.88. The molecule has 3 rings (SSSR count). The molecule has 3 aromatic rings. The van der Waals surface area contributed by atoms with Gasteiger partial charge in [-0.3, -0.25) is 4.79 Å². The van der Waals surface area contributed by atoms with Gasteiger partial charge < -0.3 is 15.2 Å². The lowest BCUT2D eigenvalue weighted by molar-refractivity contribution is -0.121. The average molecular weight is 377 g/mol. The number of amides is 1. The second-order valence-electron chi connectivity index (χ2n) is 6.93. The quantitative estimate of drug-likeness (QED) is 0.609. The molecule has 4 nitrogen and oxygen atoms in total. The fourth-order valence-electron chi connectivity index (χ4n) is 3.42. The molecule has 0 fully saturated rings. The van der Waals surface area contributed by atoms with E-state index in [1.807, 2.05) is 37.3 Å². The van der Waals surface area contributed by atoms with E-state index in [-0.39, 0.29) is 12.5 Å². The molecule has 0 spiro atoms. The maximum absolute atomic E-state index is 11.8. The number of hydrogen-bond donors (Lipinski definition) is 2. The Kier molecular flexibility index (Phi) is 6.66. The Morgan fingerprint density at radius 3 is 2.68 bits per heavy atom. The van der Waals surface area contributed by atoms with Crippen LogP contribution in [0.25, 0.3) is 21.9 Å². The molecule has 28 heavy (non-hydrogen) atoms. The first-order valence-electron chi connectivity index (χ1n) is 9.72. The number of fused-ring (bicyclic) bond motifs is 1. The van der Waals surface area contributed by atoms with Crippen LogP contribution in [0.4, 0.5) is 0 Å². The Hall–Kier alpha value is -2.85. The SMILES string of the molecule is CCCC(=O)NCCc1cc(-c2cccc(CO)c2)cc2ccc(OC)cc12. The van der Waals surface area contributed by atoms with E-state index in [1.165, 1.54) is 0 Å². The number of carbonyl (C=O) groups excluding carboxylic acids is 1. The van der Waals surface area contributed by atoms with Crippen molar-refractivity contribution in [2.24, 2.45) is 0 Å². The van der Waals surface area contributed by atoms with Crippen LogP contribution in [0.5, 0.6) is 5.75 Å². The normalized spacial score (nSPS) is 10.8. The first-order valence-corrected chi connectivity index (χ1v) is 9.72. The molecule has 2 N–H and O–H groups in total. The zero-order chi connectivity index (χ0) is 19.9. The highest BCUT2D eigenvalue weighted by molar-refractivity contribution is 5.91. The van der Waals surface area contributed by atoms with Crippen molar-refractivity contribution in [2.75, 3.05) is 13.7 Å². The lowest BCUT2D eigenvalue weighted by Gasteiger charge is -2.13. The maximum Gasteiger partial charge on any atom is 0.219 e. The molecule has 0 radical (unpaired) electrons. The van der Waals surface area contributed by atoms with Crippen LogP contribution in [0.3, 0.4) is 0 Å². The van der Waals surface area contributed by atoms with E-state index in [9.17, 15) is 9.90 Å². The molecule has 0 aliphatic rings. The molecule has 146 valence electrons. The molecule has 0 unspecified atom stereocenters. The van der Waals surface area contributed by atoms with Crippen LogP contribution < -0.4 is 10.1 Å². The van der Waals surface area contributed by atoms with Crippen molar-refractivity contribution in [2.45, 2.75) is 32.8 Å². The molecule has 0 aromatic heterocycles. The number of ether oxygens (including phenoxy) is 1. The van der Waals surface area contributed by atoms with E-state index in [2.05, 4.69) is 29.6 Å². The molecule has 1 amide bonds. The minimum absolute atomic E-state index is 0.0228. The van der Waals surface area contributed by atoms with Gasteiger partial charge in [-0.1, -0.05) is 37.3 Å². The third-order valence-corrected chi connectivity index (χ3v) is 4.88. The number of methoxy groups -OCH3 is 1. The number of aliphatic hydroxyl groups is 1. The fourth-order valence-corrected chi connectivity index (χ4v) is 3.42. The van der Waals surface area contributed by atoms with Gasteiger partial charge in [0, 0.05) is 13.0 Å². The average Bonchev–Trinajstić information content (AvgIpc) is 2.73. The summed E-state index contributed by atoms with van der Waals surface area (Å²) >= 11 is 0. The van der Waals surface area contributed by atoms with Gasteiger partial charge in [-0.15, -0.1) is 0 Å². The number of rotatable bonds is 8. The van der Waals surface area contributed by atoms with Gasteiger partial charge in [0.25, 0.3) is 0 Å². The van der Waals surface area contributed by atoms with Gasteiger partial charge in [0.2, 0.25) is 5.91 Å². The molecule has 0 aliphatic heterocycles. The van der Waals surface area contributed by atoms with Crippen LogP contribution in [0.2, 0.25) is 0 Å². The van der Waals surface area contributed by atoms with E-state index < -0.39 is 0 Å². The first kappa shape index (κ1) is 19.9. The molecule has 3 aromatic carbocycles. The van der Waals surface area contributed by atoms with E-state index in [0.29, 0.717) is 13.0 Å². The number of aliphatic hydroxyl groups excluding tert-OH is 1. The van der Waals surface area contributed by atoms with Crippen molar-refractivity contribution >= 4 is 16.7 Å². The Morgan fingerprint density at radius 2 is 1.93 bits per heavy atom. The van der Waals surface area contributed by atoms with E-state index in [0.717, 1.165) is 51.6 Å². The van der Waals surface area contributed by atoms with Crippen molar-refractivity contribution in [1.29, 1.82) is 0 Å². The minimum Gasteiger partial charge on any atom is -0.497 e. The summed E-state index contributed by atoms with van der Waals surface area (Å²) in [5, 5.41) is 14.7. The molecule has 0 heterocycles. The predicted octanol–water partition coefficient (Wildman–Crippen LogP) is 4.47. The highest BCUT2D eigenvalue weighted by Gasteiger charge is 2.09. The predicted molar refractivity (Wildman–Crippen MR) is 113 cm³/mol. The Balaban J connectivity index is 1.98. The van der Waals surface area contributed by atoms with E-state index in [4.69, 9.17) is 4.74 Å². The summed E-state index contributed by atoms with van der Waals surface area (Å²) in [7, 11) is 1.67. The van der Waals surface area contributed by atoms with Gasteiger partial charge >= 0.3 is 0 Å².